The molecule has 0 aliphatic carbocycles. The summed E-state index contributed by atoms with van der Waals surface area (Å²) < 4.78 is 0. The molecule has 2 saturated heterocycles. The van der Waals surface area contributed by atoms with Gasteiger partial charge in [-0.3, -0.25) is 9.59 Å². The smallest absolute Gasteiger partial charge is 0.225 e. The topological polar surface area (TPSA) is 40.6 Å². The van der Waals surface area contributed by atoms with Crippen molar-refractivity contribution in [3.05, 3.63) is 34.9 Å². The Morgan fingerprint density at radius 2 is 1.61 bits per heavy atom. The molecule has 1 unspecified atom stereocenters. The molecule has 1 atom stereocenters. The standard InChI is InChI=1S/C18H23ClN2O2/c1-13(22)20-9-6-15(7-10-20)18(23)21-11-8-16(12-21)14-2-4-17(19)5-3-14/h2-5,15-16H,6-12H2,1H3. The van der Waals surface area contributed by atoms with E-state index < -0.39 is 0 Å². The average molecular weight is 335 g/mol. The first-order valence-corrected chi connectivity index (χ1v) is 8.72. The van der Waals surface area contributed by atoms with Crippen LogP contribution in [0.3, 0.4) is 0 Å². The first-order chi connectivity index (χ1) is 11.0. The van der Waals surface area contributed by atoms with E-state index in [1.54, 1.807) is 6.92 Å². The number of hydrogen-bond donors (Lipinski definition) is 0. The third-order valence-electron chi connectivity index (χ3n) is 5.13. The molecule has 2 aliphatic heterocycles. The minimum Gasteiger partial charge on any atom is -0.343 e. The summed E-state index contributed by atoms with van der Waals surface area (Å²) in [5, 5.41) is 0.747. The number of rotatable bonds is 2. The number of nitrogens with zero attached hydrogens (tertiary/aromatic N) is 2. The van der Waals surface area contributed by atoms with Crippen LogP contribution in [-0.2, 0) is 9.59 Å². The average Bonchev–Trinajstić information content (AvgIpc) is 3.05. The predicted octanol–water partition coefficient (Wildman–Crippen LogP) is 2.91. The summed E-state index contributed by atoms with van der Waals surface area (Å²) in [5.41, 5.74) is 1.26. The maximum atomic E-state index is 12.7. The summed E-state index contributed by atoms with van der Waals surface area (Å²) in [6.45, 7) is 4.64. The Kier molecular flexibility index (Phi) is 4.90. The minimum atomic E-state index is 0.0783. The number of carbonyl (C=O) groups is 2. The highest BCUT2D eigenvalue weighted by Gasteiger charge is 2.33. The Morgan fingerprint density at radius 3 is 2.22 bits per heavy atom. The van der Waals surface area contributed by atoms with Gasteiger partial charge in [-0.25, -0.2) is 0 Å². The van der Waals surface area contributed by atoms with Gasteiger partial charge < -0.3 is 9.80 Å². The number of hydrogen-bond acceptors (Lipinski definition) is 2. The molecular weight excluding hydrogens is 312 g/mol. The van der Waals surface area contributed by atoms with Crippen molar-refractivity contribution in [2.24, 2.45) is 5.92 Å². The van der Waals surface area contributed by atoms with Crippen LogP contribution in [-0.4, -0.2) is 47.8 Å². The van der Waals surface area contributed by atoms with E-state index in [1.165, 1.54) is 5.56 Å². The van der Waals surface area contributed by atoms with E-state index in [-0.39, 0.29) is 17.7 Å². The lowest BCUT2D eigenvalue weighted by molar-refractivity contribution is -0.139. The second-order valence-electron chi connectivity index (χ2n) is 6.60. The van der Waals surface area contributed by atoms with Crippen molar-refractivity contribution in [3.63, 3.8) is 0 Å². The van der Waals surface area contributed by atoms with Crippen molar-refractivity contribution in [2.75, 3.05) is 26.2 Å². The van der Waals surface area contributed by atoms with Gasteiger partial charge >= 0.3 is 0 Å². The minimum absolute atomic E-state index is 0.0783. The first-order valence-electron chi connectivity index (χ1n) is 8.34. The second kappa shape index (κ2) is 6.91. The highest BCUT2D eigenvalue weighted by Crippen LogP contribution is 2.30. The van der Waals surface area contributed by atoms with Crippen LogP contribution in [0.25, 0.3) is 0 Å². The van der Waals surface area contributed by atoms with Gasteiger partial charge in [-0.05, 0) is 37.0 Å². The second-order valence-corrected chi connectivity index (χ2v) is 7.04. The van der Waals surface area contributed by atoms with Crippen molar-refractivity contribution < 1.29 is 9.59 Å². The molecule has 124 valence electrons. The number of amides is 2. The molecule has 0 N–H and O–H groups in total. The van der Waals surface area contributed by atoms with Crippen LogP contribution in [0, 0.1) is 5.92 Å². The number of carbonyl (C=O) groups excluding carboxylic acids is 2. The van der Waals surface area contributed by atoms with E-state index in [0.717, 1.165) is 37.4 Å². The zero-order valence-electron chi connectivity index (χ0n) is 13.5. The maximum absolute atomic E-state index is 12.7. The Morgan fingerprint density at radius 1 is 1.00 bits per heavy atom. The van der Waals surface area contributed by atoms with Gasteiger partial charge in [-0.2, -0.15) is 0 Å². The summed E-state index contributed by atoms with van der Waals surface area (Å²) in [7, 11) is 0. The van der Waals surface area contributed by atoms with Gasteiger partial charge in [0.1, 0.15) is 0 Å². The molecule has 2 heterocycles. The van der Waals surface area contributed by atoms with Gasteiger partial charge in [0.2, 0.25) is 11.8 Å². The molecule has 5 heteroatoms. The van der Waals surface area contributed by atoms with Crippen LogP contribution in [0.5, 0.6) is 0 Å². The molecule has 1 aromatic carbocycles. The van der Waals surface area contributed by atoms with Gasteiger partial charge in [-0.15, -0.1) is 0 Å². The lowest BCUT2D eigenvalue weighted by Crippen LogP contribution is -2.43. The molecule has 4 nitrogen and oxygen atoms in total. The summed E-state index contributed by atoms with van der Waals surface area (Å²) in [6, 6.07) is 7.95. The molecule has 0 spiro atoms. The molecule has 0 bridgehead atoms. The Hall–Kier alpha value is -1.55. The quantitative estimate of drug-likeness (QED) is 0.834. The monoisotopic (exact) mass is 334 g/mol. The Balaban J connectivity index is 1.55. The largest absolute Gasteiger partial charge is 0.343 e. The summed E-state index contributed by atoms with van der Waals surface area (Å²) in [5.74, 6) is 0.868. The zero-order chi connectivity index (χ0) is 16.4. The molecule has 23 heavy (non-hydrogen) atoms. The van der Waals surface area contributed by atoms with Crippen LogP contribution in [0.4, 0.5) is 0 Å². The highest BCUT2D eigenvalue weighted by atomic mass is 35.5. The summed E-state index contributed by atoms with van der Waals surface area (Å²) in [4.78, 5) is 27.9. The highest BCUT2D eigenvalue weighted by molar-refractivity contribution is 6.30. The van der Waals surface area contributed by atoms with Crippen molar-refractivity contribution in [1.82, 2.24) is 9.80 Å². The molecule has 0 radical (unpaired) electrons. The number of benzene rings is 1. The fourth-order valence-electron chi connectivity index (χ4n) is 3.67. The molecule has 3 rings (SSSR count). The van der Waals surface area contributed by atoms with Crippen LogP contribution in [0.15, 0.2) is 24.3 Å². The lowest BCUT2D eigenvalue weighted by atomic mass is 9.95. The van der Waals surface area contributed by atoms with Gasteiger partial charge in [-0.1, -0.05) is 23.7 Å². The van der Waals surface area contributed by atoms with Gasteiger partial charge in [0.15, 0.2) is 0 Å². The van der Waals surface area contributed by atoms with Crippen molar-refractivity contribution in [1.29, 1.82) is 0 Å². The molecule has 2 fully saturated rings. The molecule has 0 saturated carbocycles. The van der Waals surface area contributed by atoms with Crippen molar-refractivity contribution >= 4 is 23.4 Å². The van der Waals surface area contributed by atoms with E-state index in [4.69, 9.17) is 11.6 Å². The molecule has 0 aromatic heterocycles. The van der Waals surface area contributed by atoms with E-state index in [2.05, 4.69) is 12.1 Å². The maximum Gasteiger partial charge on any atom is 0.225 e. The predicted molar refractivity (Wildman–Crippen MR) is 90.4 cm³/mol. The normalized spacial score (nSPS) is 22.4. The Bertz CT molecular complexity index is 579. The van der Waals surface area contributed by atoms with Crippen LogP contribution >= 0.6 is 11.6 Å². The van der Waals surface area contributed by atoms with E-state index in [0.29, 0.717) is 19.0 Å². The van der Waals surface area contributed by atoms with E-state index >= 15 is 0 Å². The number of piperidine rings is 1. The molecular formula is C18H23ClN2O2. The van der Waals surface area contributed by atoms with E-state index in [9.17, 15) is 9.59 Å². The van der Waals surface area contributed by atoms with Crippen molar-refractivity contribution in [2.45, 2.75) is 32.1 Å². The molecule has 1 aromatic rings. The fourth-order valence-corrected chi connectivity index (χ4v) is 3.79. The van der Waals surface area contributed by atoms with Crippen LogP contribution in [0.2, 0.25) is 5.02 Å². The summed E-state index contributed by atoms with van der Waals surface area (Å²) in [6.07, 6.45) is 2.60. The van der Waals surface area contributed by atoms with Gasteiger partial charge in [0, 0.05) is 50.0 Å². The zero-order valence-corrected chi connectivity index (χ0v) is 14.3. The Labute approximate surface area is 142 Å². The summed E-state index contributed by atoms with van der Waals surface area (Å²) >= 11 is 5.94. The SMILES string of the molecule is CC(=O)N1CCC(C(=O)N2CCC(c3ccc(Cl)cc3)C2)CC1. The first kappa shape index (κ1) is 16.3. The van der Waals surface area contributed by atoms with Crippen LogP contribution < -0.4 is 0 Å². The lowest BCUT2D eigenvalue weighted by Gasteiger charge is -2.32. The van der Waals surface area contributed by atoms with Crippen molar-refractivity contribution in [3.8, 4) is 0 Å². The van der Waals surface area contributed by atoms with Crippen LogP contribution in [0.1, 0.15) is 37.7 Å². The van der Waals surface area contributed by atoms with E-state index in [1.807, 2.05) is 21.9 Å². The number of likely N-dealkylation sites (tertiary alicyclic amines) is 2. The molecule has 2 aliphatic rings. The number of halogens is 1. The third-order valence-corrected chi connectivity index (χ3v) is 5.38. The molecule has 2 amide bonds. The third kappa shape index (κ3) is 3.69. The van der Waals surface area contributed by atoms with Gasteiger partial charge in [0.25, 0.3) is 0 Å². The van der Waals surface area contributed by atoms with Gasteiger partial charge in [0.05, 0.1) is 0 Å². The fraction of sp³-hybridized carbons (Fsp3) is 0.556.